The van der Waals surface area contributed by atoms with E-state index >= 15 is 0 Å². The van der Waals surface area contributed by atoms with Crippen molar-refractivity contribution >= 4 is 12.2 Å². The summed E-state index contributed by atoms with van der Waals surface area (Å²) in [5, 5.41) is 4.03. The molecule has 0 spiro atoms. The summed E-state index contributed by atoms with van der Waals surface area (Å²) in [6, 6.07) is 4.49. The van der Waals surface area contributed by atoms with Crippen molar-refractivity contribution in [1.82, 2.24) is 9.66 Å². The summed E-state index contributed by atoms with van der Waals surface area (Å²) in [6.45, 7) is 1.80. The van der Waals surface area contributed by atoms with Crippen LogP contribution in [0, 0.1) is 25.1 Å². The van der Waals surface area contributed by atoms with Gasteiger partial charge in [0, 0.05) is 11.1 Å². The van der Waals surface area contributed by atoms with Crippen molar-refractivity contribution in [3.8, 4) is 12.3 Å². The molecule has 0 saturated carbocycles. The van der Waals surface area contributed by atoms with Gasteiger partial charge in [-0.25, -0.2) is 14.1 Å². The Morgan fingerprint density at radius 3 is 2.89 bits per heavy atom. The average Bonchev–Trinajstić information content (AvgIpc) is 2.66. The van der Waals surface area contributed by atoms with Crippen molar-refractivity contribution in [2.75, 3.05) is 5.73 Å². The van der Waals surface area contributed by atoms with Gasteiger partial charge in [0.15, 0.2) is 0 Å². The molecule has 0 unspecified atom stereocenters. The van der Waals surface area contributed by atoms with Crippen LogP contribution in [0.4, 0.5) is 10.3 Å². The minimum Gasteiger partial charge on any atom is -0.368 e. The lowest BCUT2D eigenvalue weighted by Crippen LogP contribution is -1.98. The largest absolute Gasteiger partial charge is 0.368 e. The Labute approximate surface area is 104 Å². The topological polar surface area (TPSA) is 56.2 Å². The smallest absolute Gasteiger partial charge is 0.221 e. The molecule has 0 amide bonds. The number of nitrogens with zero attached hydrogens (tertiary/aromatic N) is 3. The van der Waals surface area contributed by atoms with E-state index in [0.717, 1.165) is 5.69 Å². The number of nitrogens with two attached hydrogens (primary N) is 1. The molecule has 1 aromatic carbocycles. The standard InChI is InChI=1S/C13H11FN4/c1-3-10-4-5-11(12(14)6-10)7-16-18-8-9(2)17-13(18)15/h1,4-8H,2H3,(H2,15,17). The van der Waals surface area contributed by atoms with E-state index in [-0.39, 0.29) is 5.95 Å². The number of anilines is 1. The number of terminal acetylenes is 1. The number of nitrogen functional groups attached to an aromatic ring is 1. The van der Waals surface area contributed by atoms with E-state index in [0.29, 0.717) is 11.1 Å². The zero-order valence-electron chi connectivity index (χ0n) is 9.76. The van der Waals surface area contributed by atoms with Crippen molar-refractivity contribution in [2.24, 2.45) is 5.10 Å². The molecule has 2 aromatic rings. The molecule has 0 radical (unpaired) electrons. The third-order valence-corrected chi connectivity index (χ3v) is 2.32. The van der Waals surface area contributed by atoms with Crippen LogP contribution in [0.1, 0.15) is 16.8 Å². The first-order chi connectivity index (χ1) is 8.60. The monoisotopic (exact) mass is 242 g/mol. The molecule has 2 N–H and O–H groups in total. The van der Waals surface area contributed by atoms with Gasteiger partial charge in [0.25, 0.3) is 0 Å². The first-order valence-electron chi connectivity index (χ1n) is 5.22. The van der Waals surface area contributed by atoms with Crippen molar-refractivity contribution < 1.29 is 4.39 Å². The Bertz CT molecular complexity index is 649. The zero-order chi connectivity index (χ0) is 13.1. The highest BCUT2D eigenvalue weighted by Crippen LogP contribution is 2.09. The Balaban J connectivity index is 2.29. The van der Waals surface area contributed by atoms with Crippen molar-refractivity contribution in [2.45, 2.75) is 6.92 Å². The minimum absolute atomic E-state index is 0.254. The molecule has 0 aliphatic heterocycles. The van der Waals surface area contributed by atoms with Crippen LogP contribution in [-0.4, -0.2) is 15.9 Å². The molecule has 1 heterocycles. The van der Waals surface area contributed by atoms with Gasteiger partial charge in [-0.05, 0) is 25.1 Å². The average molecular weight is 242 g/mol. The maximum atomic E-state index is 13.6. The van der Waals surface area contributed by atoms with Gasteiger partial charge in [0.05, 0.1) is 18.1 Å². The van der Waals surface area contributed by atoms with E-state index < -0.39 is 5.82 Å². The van der Waals surface area contributed by atoms with Gasteiger partial charge in [-0.2, -0.15) is 5.10 Å². The van der Waals surface area contributed by atoms with E-state index in [2.05, 4.69) is 16.0 Å². The van der Waals surface area contributed by atoms with Crippen LogP contribution in [0.15, 0.2) is 29.5 Å². The quantitative estimate of drug-likeness (QED) is 0.644. The van der Waals surface area contributed by atoms with Crippen molar-refractivity contribution in [1.29, 1.82) is 0 Å². The fourth-order valence-electron chi connectivity index (χ4n) is 1.44. The Morgan fingerprint density at radius 2 is 2.33 bits per heavy atom. The Kier molecular flexibility index (Phi) is 3.11. The molecule has 1 aromatic heterocycles. The number of rotatable bonds is 2. The van der Waals surface area contributed by atoms with E-state index in [9.17, 15) is 4.39 Å². The highest BCUT2D eigenvalue weighted by atomic mass is 19.1. The highest BCUT2D eigenvalue weighted by Gasteiger charge is 2.02. The predicted molar refractivity (Wildman–Crippen MR) is 68.7 cm³/mol. The Hall–Kier alpha value is -2.61. The maximum absolute atomic E-state index is 13.6. The zero-order valence-corrected chi connectivity index (χ0v) is 9.76. The molecule has 18 heavy (non-hydrogen) atoms. The first kappa shape index (κ1) is 11.9. The first-order valence-corrected chi connectivity index (χ1v) is 5.22. The maximum Gasteiger partial charge on any atom is 0.221 e. The van der Waals surface area contributed by atoms with Gasteiger partial charge in [-0.15, -0.1) is 6.42 Å². The van der Waals surface area contributed by atoms with Crippen LogP contribution in [0.3, 0.4) is 0 Å². The number of imidazole rings is 1. The molecular formula is C13H11FN4. The van der Waals surface area contributed by atoms with E-state index in [1.54, 1.807) is 25.3 Å². The van der Waals surface area contributed by atoms with Crippen molar-refractivity contribution in [3.63, 3.8) is 0 Å². The third-order valence-electron chi connectivity index (χ3n) is 2.32. The fourth-order valence-corrected chi connectivity index (χ4v) is 1.44. The third kappa shape index (κ3) is 2.38. The van der Waals surface area contributed by atoms with Gasteiger partial charge >= 0.3 is 0 Å². The number of hydrogen-bond donors (Lipinski definition) is 1. The summed E-state index contributed by atoms with van der Waals surface area (Å²) >= 11 is 0. The minimum atomic E-state index is -0.426. The summed E-state index contributed by atoms with van der Waals surface area (Å²) in [5.41, 5.74) is 7.17. The number of hydrogen-bond acceptors (Lipinski definition) is 3. The second kappa shape index (κ2) is 4.72. The highest BCUT2D eigenvalue weighted by molar-refractivity contribution is 5.80. The van der Waals surface area contributed by atoms with E-state index in [1.807, 2.05) is 0 Å². The van der Waals surface area contributed by atoms with Gasteiger partial charge in [0.1, 0.15) is 5.82 Å². The molecule has 4 nitrogen and oxygen atoms in total. The second-order valence-electron chi connectivity index (χ2n) is 3.71. The summed E-state index contributed by atoms with van der Waals surface area (Å²) in [5.74, 6) is 2.19. The predicted octanol–water partition coefficient (Wildman–Crippen LogP) is 1.78. The molecule has 5 heteroatoms. The molecule has 0 bridgehead atoms. The summed E-state index contributed by atoms with van der Waals surface area (Å²) in [6.07, 6.45) is 8.20. The van der Waals surface area contributed by atoms with Gasteiger partial charge < -0.3 is 5.73 Å². The molecule has 0 saturated heterocycles. The molecular weight excluding hydrogens is 231 g/mol. The molecule has 0 aliphatic rings. The number of benzene rings is 1. The normalized spacial score (nSPS) is 10.7. The number of aryl methyl sites for hydroxylation is 1. The van der Waals surface area contributed by atoms with Crippen LogP contribution in [-0.2, 0) is 0 Å². The molecule has 2 rings (SSSR count). The lowest BCUT2D eigenvalue weighted by atomic mass is 10.1. The lowest BCUT2D eigenvalue weighted by molar-refractivity contribution is 0.625. The van der Waals surface area contributed by atoms with Gasteiger partial charge in [-0.3, -0.25) is 0 Å². The van der Waals surface area contributed by atoms with Crippen LogP contribution in [0.25, 0.3) is 0 Å². The number of halogens is 1. The van der Waals surface area contributed by atoms with E-state index in [1.165, 1.54) is 17.0 Å². The molecule has 0 fully saturated rings. The Morgan fingerprint density at radius 1 is 1.56 bits per heavy atom. The summed E-state index contributed by atoms with van der Waals surface area (Å²) < 4.78 is 15.0. The van der Waals surface area contributed by atoms with Gasteiger partial charge in [-0.1, -0.05) is 5.92 Å². The summed E-state index contributed by atoms with van der Waals surface area (Å²) in [7, 11) is 0. The SMILES string of the molecule is C#Cc1ccc(C=Nn2cc(C)nc2N)c(F)c1. The van der Waals surface area contributed by atoms with Gasteiger partial charge in [0.2, 0.25) is 5.95 Å². The second-order valence-corrected chi connectivity index (χ2v) is 3.71. The van der Waals surface area contributed by atoms with Crippen LogP contribution in [0.5, 0.6) is 0 Å². The lowest BCUT2D eigenvalue weighted by Gasteiger charge is -1.98. The molecule has 90 valence electrons. The van der Waals surface area contributed by atoms with Crippen LogP contribution >= 0.6 is 0 Å². The molecule has 0 atom stereocenters. The summed E-state index contributed by atoms with van der Waals surface area (Å²) in [4.78, 5) is 3.98. The molecule has 0 aliphatic carbocycles. The van der Waals surface area contributed by atoms with E-state index in [4.69, 9.17) is 12.2 Å². The number of aromatic nitrogens is 2. The van der Waals surface area contributed by atoms with Crippen LogP contribution in [0.2, 0.25) is 0 Å². The van der Waals surface area contributed by atoms with Crippen molar-refractivity contribution in [3.05, 3.63) is 47.0 Å². The fraction of sp³-hybridized carbons (Fsp3) is 0.0769. The van der Waals surface area contributed by atoms with Crippen LogP contribution < -0.4 is 5.73 Å².